The molecule has 0 spiro atoms. The standard InChI is InChI=1S/C16H19F3N2O/c1-2-7-21-10-9-20(8-6-15(21)22)12-13-4-3-5-14(11-13)16(17,18)19/h2-5,11H,1,6-10,12H2. The molecule has 1 saturated heterocycles. The Balaban J connectivity index is 2.02. The van der Waals surface area contributed by atoms with E-state index in [-0.39, 0.29) is 5.91 Å². The monoisotopic (exact) mass is 312 g/mol. The van der Waals surface area contributed by atoms with Gasteiger partial charge in [0.15, 0.2) is 0 Å². The lowest BCUT2D eigenvalue weighted by Crippen LogP contribution is -2.33. The van der Waals surface area contributed by atoms with Gasteiger partial charge in [-0.25, -0.2) is 0 Å². The first-order chi connectivity index (χ1) is 10.4. The molecule has 120 valence electrons. The number of alkyl halides is 3. The molecule has 0 bridgehead atoms. The highest BCUT2D eigenvalue weighted by atomic mass is 19.4. The highest BCUT2D eigenvalue weighted by Gasteiger charge is 2.30. The van der Waals surface area contributed by atoms with E-state index >= 15 is 0 Å². The number of nitrogens with zero attached hydrogens (tertiary/aromatic N) is 2. The fourth-order valence-corrected chi connectivity index (χ4v) is 2.52. The van der Waals surface area contributed by atoms with Gasteiger partial charge in [0.05, 0.1) is 5.56 Å². The minimum atomic E-state index is -4.33. The molecule has 1 aromatic rings. The van der Waals surface area contributed by atoms with Crippen molar-refractivity contribution in [2.24, 2.45) is 0 Å². The smallest absolute Gasteiger partial charge is 0.338 e. The van der Waals surface area contributed by atoms with E-state index in [1.54, 1.807) is 17.0 Å². The third-order valence-corrected chi connectivity index (χ3v) is 3.69. The topological polar surface area (TPSA) is 23.6 Å². The average Bonchev–Trinajstić information content (AvgIpc) is 2.63. The molecule has 1 amide bonds. The van der Waals surface area contributed by atoms with Crippen molar-refractivity contribution in [3.63, 3.8) is 0 Å². The molecule has 1 fully saturated rings. The van der Waals surface area contributed by atoms with Gasteiger partial charge in [-0.2, -0.15) is 13.2 Å². The van der Waals surface area contributed by atoms with Gasteiger partial charge in [-0.15, -0.1) is 6.58 Å². The van der Waals surface area contributed by atoms with Gasteiger partial charge in [-0.3, -0.25) is 9.69 Å². The lowest BCUT2D eigenvalue weighted by atomic mass is 10.1. The summed E-state index contributed by atoms with van der Waals surface area (Å²) in [6.07, 6.45) is -2.27. The van der Waals surface area contributed by atoms with E-state index in [0.717, 1.165) is 6.07 Å². The molecule has 0 saturated carbocycles. The summed E-state index contributed by atoms with van der Waals surface area (Å²) in [5.41, 5.74) is -0.0244. The molecular weight excluding hydrogens is 293 g/mol. The van der Waals surface area contributed by atoms with Gasteiger partial charge < -0.3 is 4.90 Å². The largest absolute Gasteiger partial charge is 0.416 e. The molecule has 3 nitrogen and oxygen atoms in total. The van der Waals surface area contributed by atoms with Crippen LogP contribution in [-0.4, -0.2) is 41.9 Å². The van der Waals surface area contributed by atoms with E-state index < -0.39 is 11.7 Å². The van der Waals surface area contributed by atoms with Crippen LogP contribution in [0, 0.1) is 0 Å². The van der Waals surface area contributed by atoms with Gasteiger partial charge in [-0.05, 0) is 11.6 Å². The van der Waals surface area contributed by atoms with Crippen molar-refractivity contribution >= 4 is 5.91 Å². The predicted molar refractivity (Wildman–Crippen MR) is 78.1 cm³/mol. The predicted octanol–water partition coefficient (Wildman–Crippen LogP) is 2.93. The van der Waals surface area contributed by atoms with Crippen molar-refractivity contribution in [1.82, 2.24) is 9.80 Å². The number of halogens is 3. The molecule has 1 heterocycles. The first kappa shape index (κ1) is 16.5. The van der Waals surface area contributed by atoms with Crippen LogP contribution in [0.4, 0.5) is 13.2 Å². The number of hydrogen-bond acceptors (Lipinski definition) is 2. The summed E-state index contributed by atoms with van der Waals surface area (Å²) in [6.45, 7) is 6.33. The molecule has 1 aromatic carbocycles. The Kier molecular flexibility index (Phi) is 5.24. The number of hydrogen-bond donors (Lipinski definition) is 0. The third kappa shape index (κ3) is 4.34. The van der Waals surface area contributed by atoms with Crippen molar-refractivity contribution in [2.75, 3.05) is 26.2 Å². The van der Waals surface area contributed by atoms with Crippen molar-refractivity contribution in [3.05, 3.63) is 48.0 Å². The molecular formula is C16H19F3N2O. The molecule has 1 aliphatic heterocycles. The Morgan fingerprint density at radius 1 is 1.23 bits per heavy atom. The Labute approximate surface area is 128 Å². The molecule has 0 atom stereocenters. The van der Waals surface area contributed by atoms with Crippen molar-refractivity contribution in [2.45, 2.75) is 19.1 Å². The lowest BCUT2D eigenvalue weighted by molar-refractivity contribution is -0.137. The van der Waals surface area contributed by atoms with E-state index in [1.807, 2.05) is 4.90 Å². The molecule has 6 heteroatoms. The van der Waals surface area contributed by atoms with Crippen LogP contribution >= 0.6 is 0 Å². The zero-order chi connectivity index (χ0) is 16.2. The summed E-state index contributed by atoms with van der Waals surface area (Å²) in [4.78, 5) is 15.6. The Bertz CT molecular complexity index is 542. The highest BCUT2D eigenvalue weighted by Crippen LogP contribution is 2.29. The minimum Gasteiger partial charge on any atom is -0.338 e. The summed E-state index contributed by atoms with van der Waals surface area (Å²) >= 11 is 0. The van der Waals surface area contributed by atoms with E-state index in [1.165, 1.54) is 12.1 Å². The fraction of sp³-hybridized carbons (Fsp3) is 0.438. The zero-order valence-electron chi connectivity index (χ0n) is 12.3. The molecule has 0 aliphatic carbocycles. The maximum absolute atomic E-state index is 12.7. The van der Waals surface area contributed by atoms with Crippen LogP contribution in [0.25, 0.3) is 0 Å². The summed E-state index contributed by atoms with van der Waals surface area (Å²) in [5.74, 6) is 0.0615. The third-order valence-electron chi connectivity index (χ3n) is 3.69. The van der Waals surface area contributed by atoms with Crippen LogP contribution in [0.5, 0.6) is 0 Å². The maximum atomic E-state index is 12.7. The van der Waals surface area contributed by atoms with Gasteiger partial charge in [0.25, 0.3) is 0 Å². The second-order valence-electron chi connectivity index (χ2n) is 5.35. The van der Waals surface area contributed by atoms with E-state index in [0.29, 0.717) is 44.7 Å². The summed E-state index contributed by atoms with van der Waals surface area (Å²) in [6, 6.07) is 5.35. The quantitative estimate of drug-likeness (QED) is 0.798. The average molecular weight is 312 g/mol. The molecule has 2 rings (SSSR count). The number of rotatable bonds is 4. The van der Waals surface area contributed by atoms with E-state index in [4.69, 9.17) is 0 Å². The van der Waals surface area contributed by atoms with E-state index in [2.05, 4.69) is 6.58 Å². The van der Waals surface area contributed by atoms with Gasteiger partial charge in [-0.1, -0.05) is 24.3 Å². The Morgan fingerprint density at radius 2 is 2.00 bits per heavy atom. The summed E-state index contributed by atoms with van der Waals surface area (Å²) in [7, 11) is 0. The van der Waals surface area contributed by atoms with Crippen LogP contribution in [-0.2, 0) is 17.5 Å². The number of amides is 1. The van der Waals surface area contributed by atoms with Crippen molar-refractivity contribution in [1.29, 1.82) is 0 Å². The molecule has 0 aromatic heterocycles. The molecule has 1 aliphatic rings. The number of carbonyl (C=O) groups is 1. The van der Waals surface area contributed by atoms with Gasteiger partial charge in [0.1, 0.15) is 0 Å². The first-order valence-electron chi connectivity index (χ1n) is 7.17. The molecule has 0 radical (unpaired) electrons. The zero-order valence-corrected chi connectivity index (χ0v) is 12.3. The Morgan fingerprint density at radius 3 is 2.68 bits per heavy atom. The first-order valence-corrected chi connectivity index (χ1v) is 7.17. The molecule has 22 heavy (non-hydrogen) atoms. The normalized spacial score (nSPS) is 17.4. The summed E-state index contributed by atoms with van der Waals surface area (Å²) in [5, 5.41) is 0. The number of benzene rings is 1. The van der Waals surface area contributed by atoms with Crippen LogP contribution in [0.3, 0.4) is 0 Å². The highest BCUT2D eigenvalue weighted by molar-refractivity contribution is 5.76. The molecule has 0 N–H and O–H groups in total. The van der Waals surface area contributed by atoms with Gasteiger partial charge in [0, 0.05) is 39.1 Å². The fourth-order valence-electron chi connectivity index (χ4n) is 2.52. The number of carbonyl (C=O) groups excluding carboxylic acids is 1. The van der Waals surface area contributed by atoms with Crippen LogP contribution in [0.2, 0.25) is 0 Å². The second kappa shape index (κ2) is 6.96. The second-order valence-corrected chi connectivity index (χ2v) is 5.35. The lowest BCUT2D eigenvalue weighted by Gasteiger charge is -2.21. The minimum absolute atomic E-state index is 0.0615. The Hall–Kier alpha value is -1.82. The van der Waals surface area contributed by atoms with E-state index in [9.17, 15) is 18.0 Å². The van der Waals surface area contributed by atoms with Crippen LogP contribution in [0.15, 0.2) is 36.9 Å². The van der Waals surface area contributed by atoms with Crippen molar-refractivity contribution in [3.8, 4) is 0 Å². The van der Waals surface area contributed by atoms with Gasteiger partial charge >= 0.3 is 6.18 Å². The van der Waals surface area contributed by atoms with Crippen LogP contribution < -0.4 is 0 Å². The van der Waals surface area contributed by atoms with Crippen molar-refractivity contribution < 1.29 is 18.0 Å². The SMILES string of the molecule is C=CCN1CCN(Cc2cccc(C(F)(F)F)c2)CCC1=O. The molecule has 0 unspecified atom stereocenters. The van der Waals surface area contributed by atoms with Gasteiger partial charge in [0.2, 0.25) is 5.91 Å². The maximum Gasteiger partial charge on any atom is 0.416 e. The summed E-state index contributed by atoms with van der Waals surface area (Å²) < 4.78 is 38.2. The van der Waals surface area contributed by atoms with Crippen LogP contribution in [0.1, 0.15) is 17.5 Å².